The minimum absolute atomic E-state index is 0.239. The molecule has 0 bridgehead atoms. The zero-order chi connectivity index (χ0) is 20.1. The lowest BCUT2D eigenvalue weighted by Crippen LogP contribution is -2.07. The van der Waals surface area contributed by atoms with Gasteiger partial charge in [0.15, 0.2) is 0 Å². The first kappa shape index (κ1) is 19.4. The van der Waals surface area contributed by atoms with Gasteiger partial charge in [0.25, 0.3) is 0 Å². The molecular weight excluding hydrogens is 356 g/mol. The molecule has 0 heterocycles. The SMILES string of the molecule is COC(=O)CCc1cc(C(=O)OC)c(-c2ccc(OC)cc2)c2ccccc12. The molecule has 0 saturated heterocycles. The molecule has 28 heavy (non-hydrogen) atoms. The molecular formula is C23H22O5. The Bertz CT molecular complexity index is 1010. The predicted octanol–water partition coefficient (Wildman–Crippen LogP) is 4.41. The fourth-order valence-electron chi connectivity index (χ4n) is 3.34. The first-order chi connectivity index (χ1) is 13.6. The Kier molecular flexibility index (Phi) is 5.94. The van der Waals surface area contributed by atoms with Crippen molar-refractivity contribution in [2.24, 2.45) is 0 Å². The molecule has 3 aromatic carbocycles. The second-order valence-electron chi connectivity index (χ2n) is 6.30. The molecule has 144 valence electrons. The Labute approximate surface area is 163 Å². The van der Waals surface area contributed by atoms with Crippen molar-refractivity contribution in [2.45, 2.75) is 12.8 Å². The van der Waals surface area contributed by atoms with E-state index in [4.69, 9.17) is 14.2 Å². The van der Waals surface area contributed by atoms with Crippen molar-refractivity contribution >= 4 is 22.7 Å². The molecule has 5 nitrogen and oxygen atoms in total. The number of hydrogen-bond acceptors (Lipinski definition) is 5. The van der Waals surface area contributed by atoms with Gasteiger partial charge in [-0.1, -0.05) is 36.4 Å². The molecule has 3 rings (SSSR count). The van der Waals surface area contributed by atoms with Crippen LogP contribution in [0, 0.1) is 0 Å². The first-order valence-electron chi connectivity index (χ1n) is 8.93. The summed E-state index contributed by atoms with van der Waals surface area (Å²) in [5.41, 5.74) is 3.05. The summed E-state index contributed by atoms with van der Waals surface area (Å²) in [5, 5.41) is 1.92. The van der Waals surface area contributed by atoms with Gasteiger partial charge in [-0.25, -0.2) is 4.79 Å². The van der Waals surface area contributed by atoms with Crippen molar-refractivity contribution in [3.63, 3.8) is 0 Å². The number of fused-ring (bicyclic) bond motifs is 1. The summed E-state index contributed by atoms with van der Waals surface area (Å²) in [6.07, 6.45) is 0.711. The molecule has 5 heteroatoms. The number of methoxy groups -OCH3 is 3. The van der Waals surface area contributed by atoms with Crippen LogP contribution in [0.4, 0.5) is 0 Å². The molecule has 0 spiro atoms. The van der Waals surface area contributed by atoms with E-state index >= 15 is 0 Å². The monoisotopic (exact) mass is 378 g/mol. The van der Waals surface area contributed by atoms with E-state index in [2.05, 4.69) is 0 Å². The zero-order valence-electron chi connectivity index (χ0n) is 16.2. The second-order valence-corrected chi connectivity index (χ2v) is 6.30. The van der Waals surface area contributed by atoms with Gasteiger partial charge < -0.3 is 14.2 Å². The molecule has 0 amide bonds. The van der Waals surface area contributed by atoms with Crippen molar-refractivity contribution < 1.29 is 23.8 Å². The number of aryl methyl sites for hydroxylation is 1. The highest BCUT2D eigenvalue weighted by Crippen LogP contribution is 2.36. The number of esters is 2. The van der Waals surface area contributed by atoms with Gasteiger partial charge in [-0.05, 0) is 46.5 Å². The van der Waals surface area contributed by atoms with E-state index in [0.29, 0.717) is 12.0 Å². The topological polar surface area (TPSA) is 61.8 Å². The maximum Gasteiger partial charge on any atom is 0.338 e. The molecule has 0 unspecified atom stereocenters. The van der Waals surface area contributed by atoms with Crippen LogP contribution in [0.15, 0.2) is 54.6 Å². The maximum atomic E-state index is 12.6. The Morgan fingerprint density at radius 2 is 1.54 bits per heavy atom. The van der Waals surface area contributed by atoms with Crippen LogP contribution in [0.25, 0.3) is 21.9 Å². The molecule has 0 atom stereocenters. The lowest BCUT2D eigenvalue weighted by Gasteiger charge is -2.16. The molecule has 0 aliphatic rings. The third-order valence-corrected chi connectivity index (χ3v) is 4.74. The predicted molar refractivity (Wildman–Crippen MR) is 108 cm³/mol. The van der Waals surface area contributed by atoms with Crippen LogP contribution < -0.4 is 4.74 Å². The average molecular weight is 378 g/mol. The molecule has 3 aromatic rings. The lowest BCUT2D eigenvalue weighted by atomic mass is 9.89. The first-order valence-corrected chi connectivity index (χ1v) is 8.93. The van der Waals surface area contributed by atoms with Crippen LogP contribution in [0.1, 0.15) is 22.3 Å². The summed E-state index contributed by atoms with van der Waals surface area (Å²) in [6.45, 7) is 0. The quantitative estimate of drug-likeness (QED) is 0.595. The molecule has 0 aliphatic heterocycles. The van der Waals surface area contributed by atoms with E-state index in [1.54, 1.807) is 7.11 Å². The van der Waals surface area contributed by atoms with E-state index in [-0.39, 0.29) is 12.4 Å². The highest BCUT2D eigenvalue weighted by atomic mass is 16.5. The van der Waals surface area contributed by atoms with E-state index in [0.717, 1.165) is 33.2 Å². The lowest BCUT2D eigenvalue weighted by molar-refractivity contribution is -0.140. The van der Waals surface area contributed by atoms with Gasteiger partial charge in [0.05, 0.1) is 26.9 Å². The van der Waals surface area contributed by atoms with Gasteiger partial charge in [0, 0.05) is 12.0 Å². The van der Waals surface area contributed by atoms with Crippen LogP contribution >= 0.6 is 0 Å². The standard InChI is InChI=1S/C23H22O5/c1-26-17-11-8-15(9-12-17)22-19-7-5-4-6-18(19)16(10-13-21(24)27-2)14-20(22)23(25)28-3/h4-9,11-12,14H,10,13H2,1-3H3. The van der Waals surface area contributed by atoms with Crippen molar-refractivity contribution in [1.82, 2.24) is 0 Å². The summed E-state index contributed by atoms with van der Waals surface area (Å²) in [7, 11) is 4.34. The van der Waals surface area contributed by atoms with Crippen molar-refractivity contribution in [3.8, 4) is 16.9 Å². The highest BCUT2D eigenvalue weighted by molar-refractivity contribution is 6.09. The van der Waals surface area contributed by atoms with Crippen LogP contribution in [-0.2, 0) is 20.7 Å². The van der Waals surface area contributed by atoms with E-state index in [9.17, 15) is 9.59 Å². The van der Waals surface area contributed by atoms with Crippen LogP contribution in [0.2, 0.25) is 0 Å². The molecule has 0 radical (unpaired) electrons. The van der Waals surface area contributed by atoms with Gasteiger partial charge in [-0.2, -0.15) is 0 Å². The fraction of sp³-hybridized carbons (Fsp3) is 0.217. The summed E-state index contributed by atoms with van der Waals surface area (Å²) >= 11 is 0. The summed E-state index contributed by atoms with van der Waals surface area (Å²) in [6, 6.07) is 17.2. The Balaban J connectivity index is 2.23. The van der Waals surface area contributed by atoms with Gasteiger partial charge >= 0.3 is 11.9 Å². The van der Waals surface area contributed by atoms with E-state index in [1.807, 2.05) is 54.6 Å². The highest BCUT2D eigenvalue weighted by Gasteiger charge is 2.20. The van der Waals surface area contributed by atoms with Gasteiger partial charge in [0.1, 0.15) is 5.75 Å². The largest absolute Gasteiger partial charge is 0.497 e. The van der Waals surface area contributed by atoms with Crippen molar-refractivity contribution in [2.75, 3.05) is 21.3 Å². The molecule has 0 saturated carbocycles. The Morgan fingerprint density at radius 1 is 0.857 bits per heavy atom. The third-order valence-electron chi connectivity index (χ3n) is 4.74. The zero-order valence-corrected chi connectivity index (χ0v) is 16.2. The van der Waals surface area contributed by atoms with E-state index < -0.39 is 5.97 Å². The molecule has 0 N–H and O–H groups in total. The number of hydrogen-bond donors (Lipinski definition) is 0. The number of ether oxygens (including phenoxy) is 3. The third kappa shape index (κ3) is 3.83. The maximum absolute atomic E-state index is 12.6. The Hall–Kier alpha value is -3.34. The second kappa shape index (κ2) is 8.57. The van der Waals surface area contributed by atoms with Gasteiger partial charge in [-0.15, -0.1) is 0 Å². The number of carbonyl (C=O) groups is 2. The van der Waals surface area contributed by atoms with Crippen molar-refractivity contribution in [3.05, 3.63) is 65.7 Å². The number of benzene rings is 3. The van der Waals surface area contributed by atoms with Crippen molar-refractivity contribution in [1.29, 1.82) is 0 Å². The number of rotatable bonds is 6. The number of carbonyl (C=O) groups excluding carboxylic acids is 2. The molecule has 0 aliphatic carbocycles. The average Bonchev–Trinajstić information content (AvgIpc) is 2.76. The van der Waals surface area contributed by atoms with Gasteiger partial charge in [-0.3, -0.25) is 4.79 Å². The molecule has 0 aromatic heterocycles. The van der Waals surface area contributed by atoms with Crippen LogP contribution in [-0.4, -0.2) is 33.3 Å². The van der Waals surface area contributed by atoms with Crippen LogP contribution in [0.5, 0.6) is 5.75 Å². The summed E-state index contributed by atoms with van der Waals surface area (Å²) in [5.74, 6) is 0.0289. The summed E-state index contributed by atoms with van der Waals surface area (Å²) in [4.78, 5) is 24.2. The van der Waals surface area contributed by atoms with Gasteiger partial charge in [0.2, 0.25) is 0 Å². The molecule has 0 fully saturated rings. The summed E-state index contributed by atoms with van der Waals surface area (Å²) < 4.78 is 15.0. The smallest absolute Gasteiger partial charge is 0.338 e. The van der Waals surface area contributed by atoms with E-state index in [1.165, 1.54) is 14.2 Å². The Morgan fingerprint density at radius 3 is 2.14 bits per heavy atom. The van der Waals surface area contributed by atoms with Crippen LogP contribution in [0.3, 0.4) is 0 Å². The minimum atomic E-state index is -0.420. The minimum Gasteiger partial charge on any atom is -0.497 e. The normalized spacial score (nSPS) is 10.5. The fourth-order valence-corrected chi connectivity index (χ4v) is 3.34.